The van der Waals surface area contributed by atoms with Gasteiger partial charge >= 0.3 is 0 Å². The van der Waals surface area contributed by atoms with Crippen molar-refractivity contribution in [1.82, 2.24) is 0 Å². The van der Waals surface area contributed by atoms with Gasteiger partial charge in [-0.25, -0.2) is 0 Å². The smallest absolute Gasteiger partial charge is 0.249 e. The molecule has 4 aliphatic heterocycles. The van der Waals surface area contributed by atoms with Gasteiger partial charge in [-0.05, 0) is 147 Å². The minimum Gasteiger partial charge on any atom is -0.311 e. The number of para-hydroxylation sites is 6. The number of benzene rings is 14. The molecule has 14 aromatic rings. The monoisotopic (exact) mass is 1210 g/mol. The van der Waals surface area contributed by atoms with Crippen LogP contribution in [0.3, 0.4) is 0 Å². The quantitative estimate of drug-likeness (QED) is 0.119. The number of rotatable bonds is 11. The molecule has 0 atom stereocenters. The Bertz CT molecular complexity index is 5100. The fourth-order valence-corrected chi connectivity index (χ4v) is 17.2. The molecule has 8 heteroatoms. The minimum absolute atomic E-state index is 0.0618. The third-order valence-corrected chi connectivity index (χ3v) is 21.0. The highest BCUT2D eigenvalue weighted by Gasteiger charge is 2.47. The molecule has 430 valence electrons. The van der Waals surface area contributed by atoms with Crippen LogP contribution in [0.2, 0.25) is 0 Å². The maximum absolute atomic E-state index is 2.64. The number of nitrogens with zero attached hydrogens (tertiary/aromatic N) is 4. The first-order valence-corrected chi connectivity index (χ1v) is 33.2. The highest BCUT2D eigenvalue weighted by atomic mass is 32.2. The molecule has 0 aliphatic carbocycles. The molecule has 0 amide bonds. The fraction of sp³-hybridized carbons (Fsp3) is 0. The molecule has 0 radical (unpaired) electrons. The fourth-order valence-electron chi connectivity index (χ4n) is 14.8. The second kappa shape index (κ2) is 22.5. The Morgan fingerprint density at radius 2 is 0.696 bits per heavy atom. The van der Waals surface area contributed by atoms with Gasteiger partial charge in [0.25, 0.3) is 0 Å². The van der Waals surface area contributed by atoms with Gasteiger partial charge in [0.05, 0.1) is 11.4 Å². The summed E-state index contributed by atoms with van der Waals surface area (Å²) in [5.41, 5.74) is 28.4. The normalized spacial score (nSPS) is 12.8. The van der Waals surface area contributed by atoms with Gasteiger partial charge in [-0.2, -0.15) is 0 Å². The van der Waals surface area contributed by atoms with Crippen LogP contribution in [0.25, 0.3) is 33.4 Å². The first kappa shape index (κ1) is 54.1. The van der Waals surface area contributed by atoms with Gasteiger partial charge in [-0.3, -0.25) is 0 Å². The molecule has 0 unspecified atom stereocenters. The molecule has 0 bridgehead atoms. The van der Waals surface area contributed by atoms with Crippen molar-refractivity contribution in [1.29, 1.82) is 0 Å². The molecule has 4 nitrogen and oxygen atoms in total. The Balaban J connectivity index is 0.905. The standard InChI is InChI=1S/C84H56B2N4S2/c1-7-27-57(28-8-1)58-47-49-64(50-48-58)88(73-43-23-19-39-67(73)59-29-9-2-10-30-59)66-52-77-83-82(54-66)92-80-56-76-71(55-72(80)85(83)69-41-21-25-45-75(69)89(77)63-37-17-6-18-38-63)86-70-42-22-26-46-79(70)91-81-53-65(87(61-33-13-4-14-34-61)62-35-15-5-16-36-62)51-78(84(81)86)90(76)74-44-24-20-40-68(74)60-31-11-3-12-32-60/h1-56H. The van der Waals surface area contributed by atoms with Crippen LogP contribution in [0.4, 0.5) is 68.2 Å². The Morgan fingerprint density at radius 1 is 0.239 bits per heavy atom. The van der Waals surface area contributed by atoms with Gasteiger partial charge in [-0.1, -0.05) is 271 Å². The van der Waals surface area contributed by atoms with Crippen LogP contribution in [0, 0.1) is 0 Å². The third kappa shape index (κ3) is 9.04. The van der Waals surface area contributed by atoms with E-state index < -0.39 is 0 Å². The Morgan fingerprint density at radius 3 is 1.35 bits per heavy atom. The molecule has 14 aromatic carbocycles. The van der Waals surface area contributed by atoms with E-state index in [2.05, 4.69) is 359 Å². The van der Waals surface area contributed by atoms with E-state index in [4.69, 9.17) is 0 Å². The molecule has 0 saturated heterocycles. The van der Waals surface area contributed by atoms with Crippen LogP contribution in [0.5, 0.6) is 0 Å². The lowest BCUT2D eigenvalue weighted by Gasteiger charge is -2.44. The molecule has 18 rings (SSSR count). The SMILES string of the molecule is c1ccc(-c2ccc(N(c3cc4c5c(c3)N(c3ccccc3)c3ccccc3B5c3cc5c(cc3S4)N(c3ccccc3-c3ccccc3)c3cc(N(c4ccccc4)c4ccccc4)cc4c3B5c3ccccc3S4)c3ccccc3-c3ccccc3)cc2)cc1. The van der Waals surface area contributed by atoms with E-state index in [1.54, 1.807) is 0 Å². The second-order valence-corrected chi connectivity index (χ2v) is 26.1. The maximum Gasteiger partial charge on any atom is 0.249 e. The topological polar surface area (TPSA) is 13.0 Å². The molecule has 4 heterocycles. The van der Waals surface area contributed by atoms with Crippen molar-refractivity contribution in [3.05, 3.63) is 340 Å². The highest BCUT2D eigenvalue weighted by molar-refractivity contribution is 8.00. The number of hydrogen-bond donors (Lipinski definition) is 0. The zero-order chi connectivity index (χ0) is 60.6. The maximum atomic E-state index is 2.64. The summed E-state index contributed by atoms with van der Waals surface area (Å²) < 4.78 is 0. The molecule has 0 aromatic heterocycles. The van der Waals surface area contributed by atoms with Gasteiger partial charge in [0.1, 0.15) is 0 Å². The lowest BCUT2D eigenvalue weighted by atomic mass is 9.31. The summed E-state index contributed by atoms with van der Waals surface area (Å²) in [7, 11) is 0. The Hall–Kier alpha value is -10.9. The van der Waals surface area contributed by atoms with Crippen molar-refractivity contribution in [2.45, 2.75) is 19.6 Å². The van der Waals surface area contributed by atoms with Crippen molar-refractivity contribution in [3.8, 4) is 33.4 Å². The predicted octanol–water partition coefficient (Wildman–Crippen LogP) is 19.2. The summed E-state index contributed by atoms with van der Waals surface area (Å²) in [5.74, 6) is 0. The molecule has 92 heavy (non-hydrogen) atoms. The van der Waals surface area contributed by atoms with Crippen LogP contribution < -0.4 is 52.4 Å². The van der Waals surface area contributed by atoms with Crippen molar-refractivity contribution < 1.29 is 0 Å². The summed E-state index contributed by atoms with van der Waals surface area (Å²) in [6.45, 7) is -0.151. The van der Waals surface area contributed by atoms with Crippen LogP contribution in [0.15, 0.2) is 359 Å². The molecule has 4 aliphatic rings. The van der Waals surface area contributed by atoms with Crippen LogP contribution in [-0.2, 0) is 0 Å². The molecule has 0 fully saturated rings. The van der Waals surface area contributed by atoms with Crippen LogP contribution in [-0.4, -0.2) is 13.4 Å². The summed E-state index contributed by atoms with van der Waals surface area (Å²) in [6, 6.07) is 126. The van der Waals surface area contributed by atoms with E-state index in [0.717, 1.165) is 56.6 Å². The van der Waals surface area contributed by atoms with Gasteiger partial charge in [-0.15, -0.1) is 0 Å². The van der Waals surface area contributed by atoms with E-state index in [0.29, 0.717) is 0 Å². The molecule has 0 N–H and O–H groups in total. The van der Waals surface area contributed by atoms with E-state index >= 15 is 0 Å². The highest BCUT2D eigenvalue weighted by Crippen LogP contribution is 2.52. The van der Waals surface area contributed by atoms with Crippen molar-refractivity contribution in [2.75, 3.05) is 19.6 Å². The average Bonchev–Trinajstić information content (AvgIpc) is 0.700. The van der Waals surface area contributed by atoms with E-state index in [9.17, 15) is 0 Å². The second-order valence-electron chi connectivity index (χ2n) is 23.9. The van der Waals surface area contributed by atoms with Crippen LogP contribution in [0.1, 0.15) is 0 Å². The molecule has 0 spiro atoms. The van der Waals surface area contributed by atoms with Crippen molar-refractivity contribution in [2.24, 2.45) is 0 Å². The third-order valence-electron chi connectivity index (χ3n) is 18.7. The summed E-state index contributed by atoms with van der Waals surface area (Å²) in [5, 5.41) is 0. The lowest BCUT2D eigenvalue weighted by molar-refractivity contribution is 1.22. The average molecular weight is 1210 g/mol. The van der Waals surface area contributed by atoms with E-state index in [-0.39, 0.29) is 13.4 Å². The number of fused-ring (bicyclic) bond motifs is 8. The summed E-state index contributed by atoms with van der Waals surface area (Å²) in [6.07, 6.45) is 0. The zero-order valence-electron chi connectivity index (χ0n) is 50.1. The van der Waals surface area contributed by atoms with Crippen LogP contribution >= 0.6 is 23.5 Å². The largest absolute Gasteiger partial charge is 0.311 e. The molecule has 0 saturated carbocycles. The van der Waals surface area contributed by atoms with Crippen molar-refractivity contribution >= 4 is 138 Å². The predicted molar refractivity (Wildman–Crippen MR) is 392 cm³/mol. The molecular weight excluding hydrogens is 1150 g/mol. The number of anilines is 12. The summed E-state index contributed by atoms with van der Waals surface area (Å²) >= 11 is 3.82. The van der Waals surface area contributed by atoms with Gasteiger partial charge < -0.3 is 19.6 Å². The van der Waals surface area contributed by atoms with Gasteiger partial charge in [0.2, 0.25) is 13.4 Å². The lowest BCUT2D eigenvalue weighted by Crippen LogP contribution is -2.64. The number of hydrogen-bond acceptors (Lipinski definition) is 6. The van der Waals surface area contributed by atoms with E-state index in [1.165, 1.54) is 97.4 Å². The zero-order valence-corrected chi connectivity index (χ0v) is 51.7. The minimum atomic E-state index is -0.0891. The first-order chi connectivity index (χ1) is 45.7. The van der Waals surface area contributed by atoms with Crippen molar-refractivity contribution in [3.63, 3.8) is 0 Å². The molecular formula is C84H56B2N4S2. The first-order valence-electron chi connectivity index (χ1n) is 31.5. The Labute approximate surface area is 546 Å². The van der Waals surface area contributed by atoms with Gasteiger partial charge in [0.15, 0.2) is 0 Å². The summed E-state index contributed by atoms with van der Waals surface area (Å²) in [4.78, 5) is 15.1. The Kier molecular flexibility index (Phi) is 13.3. The van der Waals surface area contributed by atoms with E-state index in [1.807, 2.05) is 23.5 Å². The van der Waals surface area contributed by atoms with Gasteiger partial charge in [0, 0.05) is 87.6 Å².